The smallest absolute Gasteiger partial charge is 0.338 e. The summed E-state index contributed by atoms with van der Waals surface area (Å²) in [5, 5.41) is 9.43. The average Bonchev–Trinajstić information content (AvgIpc) is 2.66. The van der Waals surface area contributed by atoms with Gasteiger partial charge in [-0.15, -0.1) is 23.2 Å². The molecule has 2 aromatic carbocycles. The molecule has 0 saturated carbocycles. The van der Waals surface area contributed by atoms with Gasteiger partial charge in [0.1, 0.15) is 6.61 Å². The van der Waals surface area contributed by atoms with E-state index in [2.05, 4.69) is 0 Å². The number of non-ortho nitro benzene ring substituents is 1. The lowest BCUT2D eigenvalue weighted by molar-refractivity contribution is -0.384. The van der Waals surface area contributed by atoms with E-state index in [1.807, 2.05) is 30.3 Å². The van der Waals surface area contributed by atoms with Gasteiger partial charge in [0, 0.05) is 12.1 Å². The summed E-state index contributed by atoms with van der Waals surface area (Å²) in [4.78, 5) is 22.0. The second-order valence-corrected chi connectivity index (χ2v) is 6.56. The van der Waals surface area contributed by atoms with Crippen LogP contribution in [-0.4, -0.2) is 34.9 Å². The van der Waals surface area contributed by atoms with Crippen LogP contribution in [0, 0.1) is 10.1 Å². The number of rotatable bonds is 9. The molecular formula is C18H17Cl2NO5. The molecule has 2 aromatic rings. The molecule has 2 rings (SSSR count). The van der Waals surface area contributed by atoms with Crippen LogP contribution < -0.4 is 0 Å². The van der Waals surface area contributed by atoms with Crippen LogP contribution in [0.3, 0.4) is 0 Å². The Hall–Kier alpha value is -2.15. The van der Waals surface area contributed by atoms with E-state index in [0.717, 1.165) is 5.56 Å². The van der Waals surface area contributed by atoms with Crippen molar-refractivity contribution in [1.82, 2.24) is 0 Å². The fourth-order valence-corrected chi connectivity index (χ4v) is 2.33. The number of hydrogen-bond donors (Lipinski definition) is 0. The maximum atomic E-state index is 11.9. The minimum absolute atomic E-state index is 0.0970. The molecule has 8 heteroatoms. The zero-order valence-corrected chi connectivity index (χ0v) is 15.2. The summed E-state index contributed by atoms with van der Waals surface area (Å²) < 4.78 is 10.6. The molecule has 6 nitrogen and oxygen atoms in total. The number of nitrogens with zero attached hydrogens (tertiary/aromatic N) is 1. The number of nitro groups is 1. The number of alkyl halides is 2. The number of carbonyl (C=O) groups is 1. The largest absolute Gasteiger partial charge is 0.460 e. The standard InChI is InChI=1S/C18H17Cl2NO5/c19-16(11-25-10-13-4-2-1-3-5-13)17(20)12-26-18(22)14-6-8-15(9-7-14)21(23)24/h1-9,16-17H,10-12H2/t16-,17-/m1/s1. The number of ether oxygens (including phenoxy) is 2. The molecule has 138 valence electrons. The molecule has 0 unspecified atom stereocenters. The Labute approximate surface area is 160 Å². The van der Waals surface area contributed by atoms with Crippen molar-refractivity contribution in [2.45, 2.75) is 17.4 Å². The van der Waals surface area contributed by atoms with Gasteiger partial charge in [0.2, 0.25) is 0 Å². The third kappa shape index (κ3) is 6.29. The lowest BCUT2D eigenvalue weighted by Gasteiger charge is -2.16. The Kier molecular flexibility index (Phi) is 7.84. The first kappa shape index (κ1) is 20.2. The van der Waals surface area contributed by atoms with Crippen LogP contribution in [0.25, 0.3) is 0 Å². The fraction of sp³-hybridized carbons (Fsp3) is 0.278. The zero-order valence-electron chi connectivity index (χ0n) is 13.7. The van der Waals surface area contributed by atoms with Crippen molar-refractivity contribution in [2.75, 3.05) is 13.2 Å². The van der Waals surface area contributed by atoms with E-state index in [-0.39, 0.29) is 24.5 Å². The Morgan fingerprint density at radius 2 is 1.62 bits per heavy atom. The second kappa shape index (κ2) is 10.1. The fourth-order valence-electron chi connectivity index (χ4n) is 2.03. The SMILES string of the molecule is O=C(OC[C@@H](Cl)[C@H](Cl)COCc1ccccc1)c1ccc([N+](=O)[O-])cc1. The summed E-state index contributed by atoms with van der Waals surface area (Å²) in [6, 6.07) is 14.7. The molecule has 0 saturated heterocycles. The van der Waals surface area contributed by atoms with E-state index in [1.165, 1.54) is 24.3 Å². The quantitative estimate of drug-likeness (QED) is 0.274. The number of hydrogen-bond acceptors (Lipinski definition) is 5. The molecule has 26 heavy (non-hydrogen) atoms. The summed E-state index contributed by atoms with van der Waals surface area (Å²) in [6.07, 6.45) is 0. The number of esters is 1. The molecule has 0 heterocycles. The van der Waals surface area contributed by atoms with Gasteiger partial charge in [0.25, 0.3) is 5.69 Å². The van der Waals surface area contributed by atoms with E-state index in [0.29, 0.717) is 6.61 Å². The predicted molar refractivity (Wildman–Crippen MR) is 98.8 cm³/mol. The molecular weight excluding hydrogens is 381 g/mol. The summed E-state index contributed by atoms with van der Waals surface area (Å²) >= 11 is 12.3. The topological polar surface area (TPSA) is 78.7 Å². The number of carbonyl (C=O) groups excluding carboxylic acids is 1. The molecule has 0 aliphatic heterocycles. The van der Waals surface area contributed by atoms with Gasteiger partial charge in [-0.05, 0) is 17.7 Å². The van der Waals surface area contributed by atoms with E-state index in [1.54, 1.807) is 0 Å². The Bertz CT molecular complexity index is 724. The van der Waals surface area contributed by atoms with Crippen LogP contribution in [0.1, 0.15) is 15.9 Å². The van der Waals surface area contributed by atoms with Gasteiger partial charge in [-0.1, -0.05) is 30.3 Å². The predicted octanol–water partition coefficient (Wildman–Crippen LogP) is 4.18. The van der Waals surface area contributed by atoms with Crippen molar-refractivity contribution in [3.05, 3.63) is 75.8 Å². The average molecular weight is 398 g/mol. The molecule has 0 radical (unpaired) electrons. The molecule has 0 aliphatic rings. The van der Waals surface area contributed by atoms with Crippen LogP contribution >= 0.6 is 23.2 Å². The monoisotopic (exact) mass is 397 g/mol. The number of nitro benzene ring substituents is 1. The van der Waals surface area contributed by atoms with Crippen LogP contribution in [-0.2, 0) is 16.1 Å². The highest BCUT2D eigenvalue weighted by Gasteiger charge is 2.20. The van der Waals surface area contributed by atoms with Gasteiger partial charge < -0.3 is 9.47 Å². The Morgan fingerprint density at radius 1 is 1.00 bits per heavy atom. The van der Waals surface area contributed by atoms with E-state index in [9.17, 15) is 14.9 Å². The lowest BCUT2D eigenvalue weighted by atomic mass is 10.2. The molecule has 2 atom stereocenters. The molecule has 0 aromatic heterocycles. The van der Waals surface area contributed by atoms with Crippen LogP contribution in [0.4, 0.5) is 5.69 Å². The van der Waals surface area contributed by atoms with Gasteiger partial charge in [-0.25, -0.2) is 4.79 Å². The van der Waals surface area contributed by atoms with Crippen LogP contribution in [0.2, 0.25) is 0 Å². The van der Waals surface area contributed by atoms with Crippen molar-refractivity contribution in [3.63, 3.8) is 0 Å². The van der Waals surface area contributed by atoms with Crippen molar-refractivity contribution in [2.24, 2.45) is 0 Å². The first-order valence-corrected chi connectivity index (χ1v) is 8.66. The van der Waals surface area contributed by atoms with Gasteiger partial charge in [0.15, 0.2) is 0 Å². The van der Waals surface area contributed by atoms with Crippen molar-refractivity contribution < 1.29 is 19.2 Å². The molecule has 0 bridgehead atoms. The third-order valence-corrected chi connectivity index (χ3v) is 4.46. The van der Waals surface area contributed by atoms with Crippen LogP contribution in [0.15, 0.2) is 54.6 Å². The maximum absolute atomic E-state index is 11.9. The zero-order chi connectivity index (χ0) is 18.9. The highest BCUT2D eigenvalue weighted by molar-refractivity contribution is 6.30. The normalized spacial score (nSPS) is 13.0. The molecule has 0 spiro atoms. The molecule has 0 N–H and O–H groups in total. The second-order valence-electron chi connectivity index (χ2n) is 5.44. The summed E-state index contributed by atoms with van der Waals surface area (Å²) in [5.41, 5.74) is 1.12. The lowest BCUT2D eigenvalue weighted by Crippen LogP contribution is -2.27. The third-order valence-electron chi connectivity index (χ3n) is 3.47. The summed E-state index contributed by atoms with van der Waals surface area (Å²) in [7, 11) is 0. The van der Waals surface area contributed by atoms with Crippen molar-refractivity contribution in [3.8, 4) is 0 Å². The van der Waals surface area contributed by atoms with Gasteiger partial charge in [0.05, 0.1) is 34.5 Å². The van der Waals surface area contributed by atoms with Gasteiger partial charge in [-0.3, -0.25) is 10.1 Å². The number of halogens is 2. The van der Waals surface area contributed by atoms with E-state index >= 15 is 0 Å². The number of benzene rings is 2. The Morgan fingerprint density at radius 3 is 2.23 bits per heavy atom. The van der Waals surface area contributed by atoms with Crippen molar-refractivity contribution >= 4 is 34.9 Å². The van der Waals surface area contributed by atoms with Gasteiger partial charge >= 0.3 is 5.97 Å². The maximum Gasteiger partial charge on any atom is 0.338 e. The van der Waals surface area contributed by atoms with Gasteiger partial charge in [-0.2, -0.15) is 0 Å². The summed E-state index contributed by atoms with van der Waals surface area (Å²) in [5.74, 6) is -0.625. The highest BCUT2D eigenvalue weighted by atomic mass is 35.5. The molecule has 0 aliphatic carbocycles. The van der Waals surface area contributed by atoms with Crippen LogP contribution in [0.5, 0.6) is 0 Å². The van der Waals surface area contributed by atoms with E-state index < -0.39 is 21.6 Å². The van der Waals surface area contributed by atoms with Crippen molar-refractivity contribution in [1.29, 1.82) is 0 Å². The first-order chi connectivity index (χ1) is 12.5. The minimum atomic E-state index is -0.630. The Balaban J connectivity index is 1.73. The molecule has 0 fully saturated rings. The highest BCUT2D eigenvalue weighted by Crippen LogP contribution is 2.15. The minimum Gasteiger partial charge on any atom is -0.460 e. The first-order valence-electron chi connectivity index (χ1n) is 7.78. The van der Waals surface area contributed by atoms with E-state index in [4.69, 9.17) is 32.7 Å². The molecule has 0 amide bonds. The summed E-state index contributed by atoms with van der Waals surface area (Å²) in [6.45, 7) is 0.524.